The molecule has 1 N–H and O–H groups in total. The molecule has 1 aliphatic carbocycles. The third kappa shape index (κ3) is 2.28. The van der Waals surface area contributed by atoms with Crippen LogP contribution >= 0.6 is 0 Å². The van der Waals surface area contributed by atoms with Gasteiger partial charge in [-0.05, 0) is 42.4 Å². The van der Waals surface area contributed by atoms with E-state index in [9.17, 15) is 9.90 Å². The molecule has 1 saturated heterocycles. The highest BCUT2D eigenvalue weighted by Crippen LogP contribution is 2.59. The lowest BCUT2D eigenvalue weighted by atomic mass is 9.49. The largest absolute Gasteiger partial charge is 0.462 e. The first-order valence-corrected chi connectivity index (χ1v) is 7.88. The average molecular weight is 282 g/mol. The van der Waals surface area contributed by atoms with Gasteiger partial charge in [0.15, 0.2) is 0 Å². The second kappa shape index (κ2) is 4.72. The molecule has 0 spiro atoms. The van der Waals surface area contributed by atoms with Crippen LogP contribution in [-0.4, -0.2) is 23.3 Å². The first kappa shape index (κ1) is 15.8. The van der Waals surface area contributed by atoms with Crippen LogP contribution in [0.3, 0.4) is 0 Å². The summed E-state index contributed by atoms with van der Waals surface area (Å²) in [5.41, 5.74) is -0.802. The van der Waals surface area contributed by atoms with Crippen LogP contribution < -0.4 is 0 Å². The number of aliphatic hydroxyl groups is 1. The quantitative estimate of drug-likeness (QED) is 0.691. The summed E-state index contributed by atoms with van der Waals surface area (Å²) >= 11 is 0. The predicted octanol–water partition coefficient (Wildman–Crippen LogP) is 3.54. The molecule has 1 saturated carbocycles. The van der Waals surface area contributed by atoms with Crippen LogP contribution in [0.15, 0.2) is 0 Å². The van der Waals surface area contributed by atoms with Gasteiger partial charge >= 0.3 is 5.97 Å². The number of fused-ring (bicyclic) bond motifs is 1. The van der Waals surface area contributed by atoms with Crippen molar-refractivity contribution in [1.29, 1.82) is 0 Å². The lowest BCUT2D eigenvalue weighted by molar-refractivity contribution is -0.210. The summed E-state index contributed by atoms with van der Waals surface area (Å²) in [4.78, 5) is 12.9. The summed E-state index contributed by atoms with van der Waals surface area (Å²) in [6.07, 6.45) is 2.95. The van der Waals surface area contributed by atoms with Crippen LogP contribution in [0.25, 0.3) is 0 Å². The Morgan fingerprint density at radius 1 is 1.10 bits per heavy atom. The molecule has 0 aromatic carbocycles. The van der Waals surface area contributed by atoms with Gasteiger partial charge in [0.2, 0.25) is 0 Å². The fraction of sp³-hybridized carbons (Fsp3) is 0.941. The molecule has 1 heterocycles. The van der Waals surface area contributed by atoms with E-state index in [0.29, 0.717) is 5.92 Å². The van der Waals surface area contributed by atoms with Crippen molar-refractivity contribution in [2.75, 3.05) is 0 Å². The van der Waals surface area contributed by atoms with Gasteiger partial charge in [0.05, 0.1) is 11.5 Å². The lowest BCUT2D eigenvalue weighted by Gasteiger charge is -2.57. The zero-order valence-electron chi connectivity index (χ0n) is 13.8. The first-order chi connectivity index (χ1) is 8.99. The second-order valence-electron chi connectivity index (χ2n) is 8.78. The molecule has 0 aromatic heterocycles. The Morgan fingerprint density at radius 2 is 1.65 bits per heavy atom. The highest BCUT2D eigenvalue weighted by molar-refractivity contribution is 5.80. The number of hydrogen-bond donors (Lipinski definition) is 1. The van der Waals surface area contributed by atoms with Crippen LogP contribution in [0.1, 0.15) is 67.2 Å². The second-order valence-corrected chi connectivity index (χ2v) is 8.78. The van der Waals surface area contributed by atoms with E-state index < -0.39 is 5.41 Å². The van der Waals surface area contributed by atoms with E-state index in [1.165, 1.54) is 0 Å². The molecule has 1 aliphatic heterocycles. The topological polar surface area (TPSA) is 46.5 Å². The zero-order chi connectivity index (χ0) is 15.3. The highest BCUT2D eigenvalue weighted by atomic mass is 16.5. The van der Waals surface area contributed by atoms with Crippen molar-refractivity contribution in [3.05, 3.63) is 0 Å². The molecule has 3 heteroatoms. The average Bonchev–Trinajstić information content (AvgIpc) is 2.25. The molecule has 0 amide bonds. The fourth-order valence-electron chi connectivity index (χ4n) is 4.65. The van der Waals surface area contributed by atoms with E-state index in [4.69, 9.17) is 4.74 Å². The standard InChI is InChI=1S/C17H30O3/c1-15(2,3)17(16(4,5)6)10-11-9-12(18)7-8-13(11)20-14(17)19/h11-13,18H,7-10H2,1-6H3. The van der Waals surface area contributed by atoms with Crippen LogP contribution in [0.2, 0.25) is 0 Å². The van der Waals surface area contributed by atoms with E-state index in [1.807, 2.05) is 0 Å². The van der Waals surface area contributed by atoms with Crippen LogP contribution in [-0.2, 0) is 9.53 Å². The van der Waals surface area contributed by atoms with Crippen molar-refractivity contribution >= 4 is 5.97 Å². The Hall–Kier alpha value is -0.570. The molecule has 20 heavy (non-hydrogen) atoms. The third-order valence-electron chi connectivity index (χ3n) is 5.62. The number of carbonyl (C=O) groups is 1. The van der Waals surface area contributed by atoms with Gasteiger partial charge < -0.3 is 9.84 Å². The number of ether oxygens (including phenoxy) is 1. The maximum Gasteiger partial charge on any atom is 0.313 e. The van der Waals surface area contributed by atoms with Crippen molar-refractivity contribution in [2.24, 2.45) is 22.2 Å². The minimum Gasteiger partial charge on any atom is -0.462 e. The maximum absolute atomic E-state index is 12.9. The molecule has 0 radical (unpaired) electrons. The molecule has 0 bridgehead atoms. The smallest absolute Gasteiger partial charge is 0.313 e. The van der Waals surface area contributed by atoms with Crippen LogP contribution in [0.4, 0.5) is 0 Å². The van der Waals surface area contributed by atoms with Gasteiger partial charge in [-0.25, -0.2) is 0 Å². The molecule has 2 fully saturated rings. The predicted molar refractivity (Wildman–Crippen MR) is 79.2 cm³/mol. The van der Waals surface area contributed by atoms with Crippen molar-refractivity contribution < 1.29 is 14.6 Å². The molecular formula is C17H30O3. The van der Waals surface area contributed by atoms with E-state index >= 15 is 0 Å². The minimum atomic E-state index is -0.488. The maximum atomic E-state index is 12.9. The van der Waals surface area contributed by atoms with Crippen molar-refractivity contribution in [3.8, 4) is 0 Å². The fourth-order valence-corrected chi connectivity index (χ4v) is 4.65. The van der Waals surface area contributed by atoms with E-state index in [-0.39, 0.29) is 29.0 Å². The molecular weight excluding hydrogens is 252 g/mol. The molecule has 0 aromatic rings. The number of carbonyl (C=O) groups excluding carboxylic acids is 1. The number of aliphatic hydroxyl groups excluding tert-OH is 1. The summed E-state index contributed by atoms with van der Waals surface area (Å²) in [7, 11) is 0. The third-order valence-corrected chi connectivity index (χ3v) is 5.62. The number of rotatable bonds is 0. The Morgan fingerprint density at radius 3 is 2.15 bits per heavy atom. The van der Waals surface area contributed by atoms with Crippen molar-refractivity contribution in [2.45, 2.75) is 79.4 Å². The number of hydrogen-bond acceptors (Lipinski definition) is 3. The van der Waals surface area contributed by atoms with Crippen molar-refractivity contribution in [1.82, 2.24) is 0 Å². The number of esters is 1. The van der Waals surface area contributed by atoms with Gasteiger partial charge in [0.1, 0.15) is 6.10 Å². The van der Waals surface area contributed by atoms with E-state index in [1.54, 1.807) is 0 Å². The summed E-state index contributed by atoms with van der Waals surface area (Å²) in [5.74, 6) is 0.269. The Labute approximate surface area is 123 Å². The summed E-state index contributed by atoms with van der Waals surface area (Å²) in [5, 5.41) is 9.95. The van der Waals surface area contributed by atoms with Gasteiger partial charge in [-0.15, -0.1) is 0 Å². The molecule has 2 aliphatic rings. The van der Waals surface area contributed by atoms with E-state index in [2.05, 4.69) is 41.5 Å². The lowest BCUT2D eigenvalue weighted by Crippen LogP contribution is -2.59. The van der Waals surface area contributed by atoms with Gasteiger partial charge in [-0.1, -0.05) is 41.5 Å². The molecule has 3 nitrogen and oxygen atoms in total. The first-order valence-electron chi connectivity index (χ1n) is 7.88. The summed E-state index contributed by atoms with van der Waals surface area (Å²) < 4.78 is 5.86. The molecule has 3 atom stereocenters. The summed E-state index contributed by atoms with van der Waals surface area (Å²) in [6, 6.07) is 0. The Bertz CT molecular complexity index is 372. The normalized spacial score (nSPS) is 34.4. The van der Waals surface area contributed by atoms with Crippen molar-refractivity contribution in [3.63, 3.8) is 0 Å². The Balaban J connectivity index is 2.40. The summed E-state index contributed by atoms with van der Waals surface area (Å²) in [6.45, 7) is 12.8. The Kier molecular flexibility index (Phi) is 3.73. The molecule has 3 unspecified atom stereocenters. The zero-order valence-corrected chi connectivity index (χ0v) is 13.8. The SMILES string of the molecule is CC(C)(C)C1(C(C)(C)C)CC2CC(O)CCC2OC1=O. The van der Waals surface area contributed by atoms with Crippen LogP contribution in [0, 0.1) is 22.2 Å². The molecule has 116 valence electrons. The monoisotopic (exact) mass is 282 g/mol. The minimum absolute atomic E-state index is 0.0173. The van der Waals surface area contributed by atoms with Crippen LogP contribution in [0.5, 0.6) is 0 Å². The van der Waals surface area contributed by atoms with Gasteiger partial charge in [-0.2, -0.15) is 0 Å². The van der Waals surface area contributed by atoms with Gasteiger partial charge in [0, 0.05) is 0 Å². The highest BCUT2D eigenvalue weighted by Gasteiger charge is 2.61. The van der Waals surface area contributed by atoms with E-state index in [0.717, 1.165) is 25.7 Å². The van der Waals surface area contributed by atoms with Gasteiger partial charge in [-0.3, -0.25) is 4.79 Å². The molecule has 2 rings (SSSR count). The van der Waals surface area contributed by atoms with Gasteiger partial charge in [0.25, 0.3) is 0 Å².